The van der Waals surface area contributed by atoms with Crippen LogP contribution in [0.15, 0.2) is 34.0 Å². The first-order valence-corrected chi connectivity index (χ1v) is 12.0. The van der Waals surface area contributed by atoms with Gasteiger partial charge in [0.1, 0.15) is 16.0 Å². The van der Waals surface area contributed by atoms with Gasteiger partial charge in [-0.15, -0.1) is 0 Å². The number of aromatic nitrogens is 1. The predicted octanol–water partition coefficient (Wildman–Crippen LogP) is 4.17. The molecule has 0 unspecified atom stereocenters. The molecule has 1 aromatic heterocycles. The molecule has 1 aromatic carbocycles. The zero-order valence-electron chi connectivity index (χ0n) is 19.4. The molecule has 1 fully saturated rings. The number of rotatable bonds is 7. The second-order valence-corrected chi connectivity index (χ2v) is 10.2. The largest absolute Gasteiger partial charge is 0.494 e. The fourth-order valence-corrected chi connectivity index (χ4v) is 4.97. The average Bonchev–Trinajstić information content (AvgIpc) is 3.04. The Morgan fingerprint density at radius 2 is 1.88 bits per heavy atom. The molecule has 1 aliphatic rings. The van der Waals surface area contributed by atoms with Crippen LogP contribution in [0.4, 0.5) is 0 Å². The van der Waals surface area contributed by atoms with Gasteiger partial charge >= 0.3 is 0 Å². The number of hydrogen-bond donors (Lipinski definition) is 1. The number of amides is 1. The van der Waals surface area contributed by atoms with Gasteiger partial charge in [0, 0.05) is 19.5 Å². The van der Waals surface area contributed by atoms with Crippen molar-refractivity contribution in [2.45, 2.75) is 40.7 Å². The Morgan fingerprint density at radius 3 is 2.47 bits per heavy atom. The second-order valence-electron chi connectivity index (χ2n) is 8.54. The highest BCUT2D eigenvalue weighted by Crippen LogP contribution is 2.33. The maximum atomic E-state index is 13.1. The molecule has 176 valence electrons. The minimum atomic E-state index is -0.624. The number of ketones is 1. The summed E-state index contributed by atoms with van der Waals surface area (Å²) in [5.41, 5.74) is 1.26. The average molecular weight is 496 g/mol. The molecule has 0 radical (unpaired) electrons. The predicted molar refractivity (Wildman–Crippen MR) is 137 cm³/mol. The van der Waals surface area contributed by atoms with Crippen LogP contribution in [0.5, 0.6) is 5.88 Å². The van der Waals surface area contributed by atoms with Crippen LogP contribution in [0.2, 0.25) is 0 Å². The lowest BCUT2D eigenvalue weighted by Crippen LogP contribution is -2.31. The first kappa shape index (κ1) is 25.4. The maximum Gasteiger partial charge on any atom is 0.271 e. The lowest BCUT2D eigenvalue weighted by molar-refractivity contribution is -0.122. The number of nitrogens with zero attached hydrogens (tertiary/aromatic N) is 3. The van der Waals surface area contributed by atoms with E-state index in [0.29, 0.717) is 9.23 Å². The third kappa shape index (κ3) is 5.13. The van der Waals surface area contributed by atoms with Crippen molar-refractivity contribution in [3.05, 3.63) is 67.3 Å². The molecule has 1 amide bonds. The fourth-order valence-electron chi connectivity index (χ4n) is 3.66. The van der Waals surface area contributed by atoms with E-state index in [9.17, 15) is 24.8 Å². The number of Topliss-reactive ketones (excluding diaryl/α,β-unsaturated/α-hetero) is 1. The standard InChI is InChI=1S/C25H25N3O4S2/c1-14(2)13-28-22(30)18(12-26)16(4)21(24(28)32)19(29)9-10-27-23(31)20(34-25(27)33)11-17-7-5-15(3)6-8-17/h5-8,11,14,32H,9-10,13H2,1-4H3/b20-11-. The Bertz CT molecular complexity index is 1300. The van der Waals surface area contributed by atoms with Crippen LogP contribution >= 0.6 is 24.0 Å². The highest BCUT2D eigenvalue weighted by molar-refractivity contribution is 8.26. The zero-order valence-corrected chi connectivity index (χ0v) is 21.0. The summed E-state index contributed by atoms with van der Waals surface area (Å²) in [4.78, 5) is 40.4. The van der Waals surface area contributed by atoms with E-state index in [-0.39, 0.29) is 48.0 Å². The Labute approximate surface area is 207 Å². The van der Waals surface area contributed by atoms with Crippen LogP contribution in [-0.4, -0.2) is 37.1 Å². The summed E-state index contributed by atoms with van der Waals surface area (Å²) in [6, 6.07) is 9.58. The first-order chi connectivity index (χ1) is 16.0. The molecule has 1 saturated heterocycles. The lowest BCUT2D eigenvalue weighted by Gasteiger charge is -2.18. The van der Waals surface area contributed by atoms with Crippen molar-refractivity contribution in [1.29, 1.82) is 5.26 Å². The van der Waals surface area contributed by atoms with Gasteiger partial charge in [0.15, 0.2) is 5.78 Å². The van der Waals surface area contributed by atoms with E-state index in [1.165, 1.54) is 23.6 Å². The molecule has 0 spiro atoms. The van der Waals surface area contributed by atoms with Gasteiger partial charge < -0.3 is 5.11 Å². The molecule has 2 aromatic rings. The summed E-state index contributed by atoms with van der Waals surface area (Å²) in [7, 11) is 0. The van der Waals surface area contributed by atoms with E-state index >= 15 is 0 Å². The van der Waals surface area contributed by atoms with Crippen LogP contribution in [0.1, 0.15) is 52.9 Å². The monoisotopic (exact) mass is 495 g/mol. The minimum absolute atomic E-state index is 0.0103. The first-order valence-electron chi connectivity index (χ1n) is 10.8. The Kier molecular flexibility index (Phi) is 7.75. The molecule has 0 saturated carbocycles. The summed E-state index contributed by atoms with van der Waals surface area (Å²) in [5, 5.41) is 20.2. The van der Waals surface area contributed by atoms with E-state index in [2.05, 4.69) is 0 Å². The van der Waals surface area contributed by atoms with Crippen LogP contribution in [0.3, 0.4) is 0 Å². The second kappa shape index (κ2) is 10.4. The van der Waals surface area contributed by atoms with Gasteiger partial charge in [-0.05, 0) is 37.0 Å². The third-order valence-corrected chi connectivity index (χ3v) is 6.82. The lowest BCUT2D eigenvalue weighted by atomic mass is 9.99. The summed E-state index contributed by atoms with van der Waals surface area (Å²) in [6.07, 6.45) is 1.64. The van der Waals surface area contributed by atoms with Gasteiger partial charge in [-0.25, -0.2) is 0 Å². The molecular weight excluding hydrogens is 470 g/mol. The topological polar surface area (TPSA) is 103 Å². The summed E-state index contributed by atoms with van der Waals surface area (Å²) >= 11 is 6.53. The zero-order chi connectivity index (χ0) is 25.2. The number of pyridine rings is 1. The van der Waals surface area contributed by atoms with Crippen molar-refractivity contribution >= 4 is 46.1 Å². The Morgan fingerprint density at radius 1 is 1.24 bits per heavy atom. The number of thioether (sulfide) groups is 1. The number of thiocarbonyl (C=S) groups is 1. The van der Waals surface area contributed by atoms with E-state index in [4.69, 9.17) is 12.2 Å². The SMILES string of the molecule is Cc1ccc(/C=C2\SC(=S)N(CCC(=O)c3c(C)c(C#N)c(=O)n(CC(C)C)c3O)C2=O)cc1. The Balaban J connectivity index is 1.84. The number of carbonyl (C=O) groups excluding carboxylic acids is 2. The van der Waals surface area contributed by atoms with E-state index in [0.717, 1.165) is 15.7 Å². The highest BCUT2D eigenvalue weighted by Gasteiger charge is 2.33. The van der Waals surface area contributed by atoms with Crippen LogP contribution in [0.25, 0.3) is 6.08 Å². The van der Waals surface area contributed by atoms with Crippen molar-refractivity contribution in [3.8, 4) is 11.9 Å². The Hall–Kier alpha value is -3.22. The minimum Gasteiger partial charge on any atom is -0.494 e. The third-order valence-electron chi connectivity index (χ3n) is 5.44. The molecule has 1 N–H and O–H groups in total. The van der Waals surface area contributed by atoms with Gasteiger partial charge in [0.2, 0.25) is 5.88 Å². The van der Waals surface area contributed by atoms with Gasteiger partial charge in [-0.2, -0.15) is 5.26 Å². The van der Waals surface area contributed by atoms with Crippen molar-refractivity contribution < 1.29 is 14.7 Å². The smallest absolute Gasteiger partial charge is 0.271 e. The molecule has 9 heteroatoms. The van der Waals surface area contributed by atoms with E-state index in [1.54, 1.807) is 6.08 Å². The quantitative estimate of drug-likeness (QED) is 0.349. The maximum absolute atomic E-state index is 13.1. The van der Waals surface area contributed by atoms with Crippen molar-refractivity contribution in [1.82, 2.24) is 9.47 Å². The molecule has 0 aliphatic carbocycles. The number of nitriles is 1. The fraction of sp³-hybridized carbons (Fsp3) is 0.320. The van der Waals surface area contributed by atoms with Gasteiger partial charge in [0.25, 0.3) is 11.5 Å². The highest BCUT2D eigenvalue weighted by atomic mass is 32.2. The van der Waals surface area contributed by atoms with Crippen molar-refractivity contribution in [2.24, 2.45) is 5.92 Å². The summed E-state index contributed by atoms with van der Waals surface area (Å²) < 4.78 is 1.41. The molecular formula is C25H25N3O4S2. The molecule has 34 heavy (non-hydrogen) atoms. The molecule has 2 heterocycles. The van der Waals surface area contributed by atoms with E-state index < -0.39 is 17.2 Å². The number of carbonyl (C=O) groups is 2. The number of benzene rings is 1. The van der Waals surface area contributed by atoms with Crippen molar-refractivity contribution in [3.63, 3.8) is 0 Å². The van der Waals surface area contributed by atoms with Crippen LogP contribution in [0, 0.1) is 31.1 Å². The van der Waals surface area contributed by atoms with E-state index in [1.807, 2.05) is 51.1 Å². The molecule has 7 nitrogen and oxygen atoms in total. The molecule has 3 rings (SSSR count). The van der Waals surface area contributed by atoms with Crippen molar-refractivity contribution in [2.75, 3.05) is 6.54 Å². The van der Waals surface area contributed by atoms with Crippen LogP contribution in [-0.2, 0) is 11.3 Å². The van der Waals surface area contributed by atoms with Crippen LogP contribution < -0.4 is 5.56 Å². The summed E-state index contributed by atoms with van der Waals surface area (Å²) in [5.74, 6) is -1.20. The molecule has 0 atom stereocenters. The molecule has 1 aliphatic heterocycles. The molecule has 0 bridgehead atoms. The summed E-state index contributed by atoms with van der Waals surface area (Å²) in [6.45, 7) is 7.36. The number of hydrogen-bond acceptors (Lipinski definition) is 7. The van der Waals surface area contributed by atoms with Gasteiger partial charge in [-0.1, -0.05) is 67.7 Å². The van der Waals surface area contributed by atoms with Gasteiger partial charge in [0.05, 0.1) is 10.5 Å². The van der Waals surface area contributed by atoms with Gasteiger partial charge in [-0.3, -0.25) is 23.9 Å². The number of aromatic hydroxyl groups is 1. The number of aryl methyl sites for hydroxylation is 1. The normalized spacial score (nSPS) is 14.8.